The normalized spacial score (nSPS) is 15.6. The van der Waals surface area contributed by atoms with E-state index in [-0.39, 0.29) is 10.7 Å². The predicted octanol–water partition coefficient (Wildman–Crippen LogP) is 0.337. The number of nitrogens with zero attached hydrogens (tertiary/aromatic N) is 3. The van der Waals surface area contributed by atoms with Crippen LogP contribution in [0.4, 0.5) is 0 Å². The van der Waals surface area contributed by atoms with Crippen LogP contribution in [0, 0.1) is 13.8 Å². The molecule has 1 aliphatic rings. The summed E-state index contributed by atoms with van der Waals surface area (Å²) >= 11 is 0. The third-order valence-electron chi connectivity index (χ3n) is 4.04. The summed E-state index contributed by atoms with van der Waals surface area (Å²) in [4.78, 5) is 20.8. The summed E-state index contributed by atoms with van der Waals surface area (Å²) in [6, 6.07) is 0. The van der Waals surface area contributed by atoms with Crippen molar-refractivity contribution >= 4 is 9.84 Å². The van der Waals surface area contributed by atoms with Crippen molar-refractivity contribution in [3.8, 4) is 0 Å². The molecule has 0 saturated carbocycles. The molecule has 0 amide bonds. The van der Waals surface area contributed by atoms with E-state index < -0.39 is 9.84 Å². The third-order valence-corrected chi connectivity index (χ3v) is 4.94. The average molecular weight is 338 g/mol. The summed E-state index contributed by atoms with van der Waals surface area (Å²) in [7, 11) is -3.53. The molecule has 3 rings (SSSR count). The Balaban J connectivity index is 1.88. The molecule has 2 aromatic rings. The van der Waals surface area contributed by atoms with Crippen LogP contribution in [0.1, 0.15) is 28.3 Å². The number of aromatic amines is 1. The van der Waals surface area contributed by atoms with Crippen molar-refractivity contribution in [3.05, 3.63) is 38.6 Å². The molecule has 0 aromatic carbocycles. The van der Waals surface area contributed by atoms with Gasteiger partial charge in [-0.05, 0) is 13.8 Å². The van der Waals surface area contributed by atoms with Gasteiger partial charge in [0.1, 0.15) is 5.76 Å². The van der Waals surface area contributed by atoms with Gasteiger partial charge in [0.25, 0.3) is 5.56 Å². The second kappa shape index (κ2) is 5.57. The Hall–Kier alpha value is -2.00. The Morgan fingerprint density at radius 2 is 2.09 bits per heavy atom. The van der Waals surface area contributed by atoms with Crippen LogP contribution in [-0.2, 0) is 29.3 Å². The zero-order valence-electron chi connectivity index (χ0n) is 13.2. The monoisotopic (exact) mass is 338 g/mol. The topological polar surface area (TPSA) is 109 Å². The molecule has 1 aliphatic heterocycles. The Morgan fingerprint density at radius 1 is 1.35 bits per heavy atom. The first-order valence-electron chi connectivity index (χ1n) is 7.22. The summed E-state index contributed by atoms with van der Waals surface area (Å²) in [6.45, 7) is 5.49. The second-order valence-corrected chi connectivity index (χ2v) is 7.76. The zero-order chi connectivity index (χ0) is 16.8. The van der Waals surface area contributed by atoms with Crippen molar-refractivity contribution in [2.45, 2.75) is 38.5 Å². The van der Waals surface area contributed by atoms with Crippen molar-refractivity contribution in [2.75, 3.05) is 12.8 Å². The molecule has 0 radical (unpaired) electrons. The van der Waals surface area contributed by atoms with Crippen LogP contribution in [-0.4, -0.2) is 41.2 Å². The fourth-order valence-corrected chi connectivity index (χ4v) is 3.27. The Labute approximate surface area is 133 Å². The van der Waals surface area contributed by atoms with Gasteiger partial charge in [0.05, 0.1) is 17.0 Å². The fourth-order valence-electron chi connectivity index (χ4n) is 2.72. The van der Waals surface area contributed by atoms with Gasteiger partial charge in [0, 0.05) is 37.9 Å². The van der Waals surface area contributed by atoms with Crippen molar-refractivity contribution < 1.29 is 12.9 Å². The van der Waals surface area contributed by atoms with E-state index in [1.54, 1.807) is 0 Å². The number of hydrogen-bond acceptors (Lipinski definition) is 7. The number of aromatic nitrogens is 3. The molecule has 0 spiro atoms. The highest BCUT2D eigenvalue weighted by Gasteiger charge is 2.24. The number of rotatable bonds is 3. The van der Waals surface area contributed by atoms with Gasteiger partial charge < -0.3 is 4.52 Å². The number of hydrogen-bond donors (Lipinski definition) is 1. The van der Waals surface area contributed by atoms with Gasteiger partial charge in [-0.15, -0.1) is 0 Å². The first-order valence-corrected chi connectivity index (χ1v) is 9.11. The summed E-state index contributed by atoms with van der Waals surface area (Å²) < 4.78 is 28.3. The lowest BCUT2D eigenvalue weighted by atomic mass is 10.1. The molecular weight excluding hydrogens is 320 g/mol. The minimum atomic E-state index is -3.53. The second-order valence-electron chi connectivity index (χ2n) is 5.83. The maximum Gasteiger partial charge on any atom is 0.256 e. The smallest absolute Gasteiger partial charge is 0.256 e. The van der Waals surface area contributed by atoms with Crippen LogP contribution >= 0.6 is 0 Å². The maximum absolute atomic E-state index is 12.2. The van der Waals surface area contributed by atoms with Gasteiger partial charge in [-0.3, -0.25) is 14.7 Å². The van der Waals surface area contributed by atoms with E-state index >= 15 is 0 Å². The van der Waals surface area contributed by atoms with Gasteiger partial charge >= 0.3 is 0 Å². The van der Waals surface area contributed by atoms with Gasteiger partial charge in [-0.1, -0.05) is 5.16 Å². The van der Waals surface area contributed by atoms with E-state index in [1.165, 1.54) is 0 Å². The van der Waals surface area contributed by atoms with Crippen molar-refractivity contribution in [3.63, 3.8) is 0 Å². The lowest BCUT2D eigenvalue weighted by Crippen LogP contribution is -2.36. The molecule has 1 N–H and O–H groups in total. The Morgan fingerprint density at radius 3 is 2.70 bits per heavy atom. The summed E-state index contributed by atoms with van der Waals surface area (Å²) in [6.07, 6.45) is 1.56. The van der Waals surface area contributed by atoms with Crippen LogP contribution in [0.2, 0.25) is 0 Å². The minimum absolute atomic E-state index is 0.263. The van der Waals surface area contributed by atoms with E-state index in [0.717, 1.165) is 23.3 Å². The van der Waals surface area contributed by atoms with Crippen LogP contribution in [0.3, 0.4) is 0 Å². The lowest BCUT2D eigenvalue weighted by molar-refractivity contribution is 0.239. The third kappa shape index (κ3) is 3.06. The number of H-pyrrole nitrogens is 1. The maximum atomic E-state index is 12.2. The van der Waals surface area contributed by atoms with Crippen molar-refractivity contribution in [2.24, 2.45) is 0 Å². The predicted molar refractivity (Wildman–Crippen MR) is 81.8 cm³/mol. The van der Waals surface area contributed by atoms with Crippen LogP contribution in [0.25, 0.3) is 0 Å². The summed E-state index contributed by atoms with van der Waals surface area (Å²) in [5.41, 5.74) is 2.55. The molecule has 0 fully saturated rings. The summed E-state index contributed by atoms with van der Waals surface area (Å²) in [5.74, 6) is 0.771. The number of sulfone groups is 1. The summed E-state index contributed by atoms with van der Waals surface area (Å²) in [5, 5.41) is 3.67. The quantitative estimate of drug-likeness (QED) is 0.804. The number of aryl methyl sites for hydroxylation is 2. The molecule has 0 bridgehead atoms. The van der Waals surface area contributed by atoms with E-state index in [1.807, 2.05) is 13.8 Å². The number of nitrogens with one attached hydrogen (secondary N) is 1. The first-order chi connectivity index (χ1) is 10.8. The molecule has 124 valence electrons. The molecule has 9 heteroatoms. The highest BCUT2D eigenvalue weighted by molar-refractivity contribution is 7.90. The van der Waals surface area contributed by atoms with E-state index in [4.69, 9.17) is 4.52 Å². The van der Waals surface area contributed by atoms with Gasteiger partial charge in [0.15, 0.2) is 0 Å². The largest absolute Gasteiger partial charge is 0.361 e. The van der Waals surface area contributed by atoms with Crippen LogP contribution in [0.15, 0.2) is 14.5 Å². The molecule has 23 heavy (non-hydrogen) atoms. The van der Waals surface area contributed by atoms with Gasteiger partial charge in [-0.2, -0.15) is 0 Å². The van der Waals surface area contributed by atoms with E-state index in [0.29, 0.717) is 37.3 Å². The van der Waals surface area contributed by atoms with Gasteiger partial charge in [0.2, 0.25) is 15.0 Å². The van der Waals surface area contributed by atoms with Crippen LogP contribution < -0.4 is 5.56 Å². The molecular formula is C14H18N4O4S. The molecule has 0 aliphatic carbocycles. The highest BCUT2D eigenvalue weighted by Crippen LogP contribution is 2.20. The zero-order valence-corrected chi connectivity index (χ0v) is 14.0. The number of fused-ring (bicyclic) bond motifs is 1. The van der Waals surface area contributed by atoms with Gasteiger partial charge in [-0.25, -0.2) is 13.4 Å². The minimum Gasteiger partial charge on any atom is -0.361 e. The fraction of sp³-hybridized carbons (Fsp3) is 0.500. The van der Waals surface area contributed by atoms with Crippen molar-refractivity contribution in [1.82, 2.24) is 20.0 Å². The first kappa shape index (κ1) is 15.9. The van der Waals surface area contributed by atoms with Crippen LogP contribution in [0.5, 0.6) is 0 Å². The lowest BCUT2D eigenvalue weighted by Gasteiger charge is -2.27. The van der Waals surface area contributed by atoms with E-state index in [9.17, 15) is 13.2 Å². The molecule has 0 atom stereocenters. The molecule has 2 aromatic heterocycles. The highest BCUT2D eigenvalue weighted by atomic mass is 32.2. The molecule has 0 saturated heterocycles. The standard InChI is InChI=1S/C14H18N4O4S/c1-8-10(9(2)22-17-8)6-18-5-4-12-11(7-18)13(19)16-14(15-12)23(3,20)21/h4-7H2,1-3H3,(H,15,16,19). The Bertz CT molecular complexity index is 894. The van der Waals surface area contributed by atoms with Crippen molar-refractivity contribution in [1.29, 1.82) is 0 Å². The molecule has 3 heterocycles. The SMILES string of the molecule is Cc1noc(C)c1CN1CCc2nc(S(C)(=O)=O)[nH]c(=O)c2C1. The molecule has 0 unspecified atom stereocenters. The van der Waals surface area contributed by atoms with E-state index in [2.05, 4.69) is 20.0 Å². The molecule has 8 nitrogen and oxygen atoms in total. The Kier molecular flexibility index (Phi) is 3.85. The average Bonchev–Trinajstić information content (AvgIpc) is 2.78.